The van der Waals surface area contributed by atoms with Crippen LogP contribution in [0.3, 0.4) is 0 Å². The van der Waals surface area contributed by atoms with Gasteiger partial charge in [0.15, 0.2) is 0 Å². The summed E-state index contributed by atoms with van der Waals surface area (Å²) >= 11 is 5.68. The van der Waals surface area contributed by atoms with E-state index >= 15 is 0 Å². The van der Waals surface area contributed by atoms with Crippen molar-refractivity contribution >= 4 is 17.6 Å². The number of carbonyl (C=O) groups is 1. The normalized spacial score (nSPS) is 10.3. The molecule has 0 unspecified atom stereocenters. The molecular formula is C13H7ClF2O3. The summed E-state index contributed by atoms with van der Waals surface area (Å²) in [4.78, 5) is 11.0. The highest BCUT2D eigenvalue weighted by Crippen LogP contribution is 2.28. The Hall–Kier alpha value is -2.14. The second-order valence-corrected chi connectivity index (χ2v) is 4.09. The van der Waals surface area contributed by atoms with Gasteiger partial charge in [-0.1, -0.05) is 11.6 Å². The van der Waals surface area contributed by atoms with Gasteiger partial charge in [-0.2, -0.15) is 0 Å². The maximum atomic E-state index is 13.0. The molecule has 0 atom stereocenters. The summed E-state index contributed by atoms with van der Waals surface area (Å²) in [7, 11) is 0. The first-order chi connectivity index (χ1) is 8.95. The number of hydrogen-bond donors (Lipinski definition) is 1. The quantitative estimate of drug-likeness (QED) is 0.922. The number of carboxylic acids is 1. The van der Waals surface area contributed by atoms with Crippen molar-refractivity contribution in [2.75, 3.05) is 0 Å². The Morgan fingerprint density at radius 1 is 1.11 bits per heavy atom. The molecule has 19 heavy (non-hydrogen) atoms. The maximum Gasteiger partial charge on any atom is 0.339 e. The van der Waals surface area contributed by atoms with Crippen LogP contribution in [0.25, 0.3) is 0 Å². The summed E-state index contributed by atoms with van der Waals surface area (Å²) in [5.41, 5.74) is -0.197. The van der Waals surface area contributed by atoms with Crippen LogP contribution in [0.4, 0.5) is 8.78 Å². The third-order valence-corrected chi connectivity index (χ3v) is 2.47. The van der Waals surface area contributed by atoms with E-state index in [2.05, 4.69) is 0 Å². The van der Waals surface area contributed by atoms with Crippen LogP contribution in [0, 0.1) is 11.6 Å². The van der Waals surface area contributed by atoms with Crippen LogP contribution in [0.1, 0.15) is 10.4 Å². The summed E-state index contributed by atoms with van der Waals surface area (Å²) in [6.07, 6.45) is 0. The van der Waals surface area contributed by atoms with Crippen LogP contribution in [0.15, 0.2) is 36.4 Å². The van der Waals surface area contributed by atoms with Crippen LogP contribution in [0.5, 0.6) is 11.5 Å². The molecule has 0 saturated carbocycles. The lowest BCUT2D eigenvalue weighted by Crippen LogP contribution is -2.00. The molecule has 0 aliphatic carbocycles. The fraction of sp³-hybridized carbons (Fsp3) is 0. The standard InChI is InChI=1S/C13H7ClF2O3/c14-7-1-2-12(11(3-7)13(17)18)19-10-5-8(15)4-9(16)6-10/h1-6H,(H,17,18). The van der Waals surface area contributed by atoms with Crippen LogP contribution in [0.2, 0.25) is 5.02 Å². The van der Waals surface area contributed by atoms with E-state index < -0.39 is 17.6 Å². The van der Waals surface area contributed by atoms with Gasteiger partial charge >= 0.3 is 5.97 Å². The molecule has 0 heterocycles. The molecule has 1 N–H and O–H groups in total. The van der Waals surface area contributed by atoms with Crippen LogP contribution >= 0.6 is 11.6 Å². The van der Waals surface area contributed by atoms with E-state index in [1.807, 2.05) is 0 Å². The Morgan fingerprint density at radius 3 is 2.32 bits per heavy atom. The maximum absolute atomic E-state index is 13.0. The molecule has 0 amide bonds. The van der Waals surface area contributed by atoms with Gasteiger partial charge in [0.05, 0.1) is 0 Å². The summed E-state index contributed by atoms with van der Waals surface area (Å²) in [5, 5.41) is 9.21. The van der Waals surface area contributed by atoms with Crippen molar-refractivity contribution < 1.29 is 23.4 Å². The van der Waals surface area contributed by atoms with E-state index in [1.165, 1.54) is 18.2 Å². The van der Waals surface area contributed by atoms with Gasteiger partial charge in [-0.3, -0.25) is 0 Å². The molecule has 98 valence electrons. The molecule has 0 radical (unpaired) electrons. The first kappa shape index (κ1) is 13.3. The summed E-state index contributed by atoms with van der Waals surface area (Å²) in [5.74, 6) is -3.08. The van der Waals surface area contributed by atoms with Crippen molar-refractivity contribution in [1.29, 1.82) is 0 Å². The van der Waals surface area contributed by atoms with E-state index in [0.29, 0.717) is 6.07 Å². The monoisotopic (exact) mass is 284 g/mol. The molecule has 3 nitrogen and oxygen atoms in total. The van der Waals surface area contributed by atoms with Crippen molar-refractivity contribution in [2.24, 2.45) is 0 Å². The molecule has 0 aliphatic rings. The summed E-state index contributed by atoms with van der Waals surface area (Å²) in [6, 6.07) is 6.50. The highest BCUT2D eigenvalue weighted by Gasteiger charge is 2.13. The predicted octanol–water partition coefficient (Wildman–Crippen LogP) is 4.11. The molecule has 2 aromatic rings. The van der Waals surface area contributed by atoms with E-state index in [0.717, 1.165) is 12.1 Å². The number of halogens is 3. The van der Waals surface area contributed by atoms with E-state index in [1.54, 1.807) is 0 Å². The van der Waals surface area contributed by atoms with E-state index in [9.17, 15) is 13.6 Å². The number of aromatic carboxylic acids is 1. The van der Waals surface area contributed by atoms with Crippen molar-refractivity contribution in [3.8, 4) is 11.5 Å². The Bertz CT molecular complexity index is 624. The lowest BCUT2D eigenvalue weighted by Gasteiger charge is -2.09. The second kappa shape index (κ2) is 5.24. The van der Waals surface area contributed by atoms with Gasteiger partial charge in [0.1, 0.15) is 28.7 Å². The van der Waals surface area contributed by atoms with Gasteiger partial charge in [-0.15, -0.1) is 0 Å². The average Bonchev–Trinajstić information content (AvgIpc) is 2.30. The molecule has 6 heteroatoms. The third kappa shape index (κ3) is 3.20. The fourth-order valence-corrected chi connectivity index (χ4v) is 1.64. The molecule has 0 spiro atoms. The van der Waals surface area contributed by atoms with Gasteiger partial charge in [-0.05, 0) is 18.2 Å². The molecule has 2 rings (SSSR count). The number of hydrogen-bond acceptors (Lipinski definition) is 2. The third-order valence-electron chi connectivity index (χ3n) is 2.24. The zero-order chi connectivity index (χ0) is 14.0. The summed E-state index contributed by atoms with van der Waals surface area (Å²) in [6.45, 7) is 0. The molecule has 0 aromatic heterocycles. The summed E-state index contributed by atoms with van der Waals surface area (Å²) < 4.78 is 31.2. The van der Waals surface area contributed by atoms with Gasteiger partial charge in [0, 0.05) is 23.2 Å². The minimum Gasteiger partial charge on any atom is -0.478 e. The smallest absolute Gasteiger partial charge is 0.339 e. The molecule has 0 aliphatic heterocycles. The average molecular weight is 285 g/mol. The molecule has 0 bridgehead atoms. The van der Waals surface area contributed by atoms with E-state index in [4.69, 9.17) is 21.4 Å². The largest absolute Gasteiger partial charge is 0.478 e. The highest BCUT2D eigenvalue weighted by atomic mass is 35.5. The molecular weight excluding hydrogens is 278 g/mol. The zero-order valence-corrected chi connectivity index (χ0v) is 10.1. The molecule has 0 saturated heterocycles. The van der Waals surface area contributed by atoms with Gasteiger partial charge in [-0.25, -0.2) is 13.6 Å². The first-order valence-corrected chi connectivity index (χ1v) is 5.50. The van der Waals surface area contributed by atoms with Crippen molar-refractivity contribution in [2.45, 2.75) is 0 Å². The van der Waals surface area contributed by atoms with Gasteiger partial charge in [0.25, 0.3) is 0 Å². The predicted molar refractivity (Wildman–Crippen MR) is 64.8 cm³/mol. The van der Waals surface area contributed by atoms with Crippen LogP contribution < -0.4 is 4.74 Å². The van der Waals surface area contributed by atoms with Crippen molar-refractivity contribution in [3.63, 3.8) is 0 Å². The zero-order valence-electron chi connectivity index (χ0n) is 9.36. The Balaban J connectivity index is 2.40. The van der Waals surface area contributed by atoms with Crippen molar-refractivity contribution in [1.82, 2.24) is 0 Å². The van der Waals surface area contributed by atoms with Crippen molar-refractivity contribution in [3.05, 3.63) is 58.6 Å². The lowest BCUT2D eigenvalue weighted by atomic mass is 10.2. The Kier molecular flexibility index (Phi) is 3.66. The number of rotatable bonds is 3. The topological polar surface area (TPSA) is 46.5 Å². The highest BCUT2D eigenvalue weighted by molar-refractivity contribution is 6.31. The SMILES string of the molecule is O=C(O)c1cc(Cl)ccc1Oc1cc(F)cc(F)c1. The first-order valence-electron chi connectivity index (χ1n) is 5.12. The lowest BCUT2D eigenvalue weighted by molar-refractivity contribution is 0.0694. The second-order valence-electron chi connectivity index (χ2n) is 3.65. The van der Waals surface area contributed by atoms with Gasteiger partial charge < -0.3 is 9.84 Å². The fourth-order valence-electron chi connectivity index (χ4n) is 1.47. The minimum atomic E-state index is -1.26. The number of carboxylic acid groups (broad SMARTS) is 1. The Morgan fingerprint density at radius 2 is 1.74 bits per heavy atom. The molecule has 0 fully saturated rings. The number of ether oxygens (including phenoxy) is 1. The molecule has 2 aromatic carbocycles. The van der Waals surface area contributed by atoms with Crippen LogP contribution in [-0.4, -0.2) is 11.1 Å². The minimum absolute atomic E-state index is 0.0538. The number of benzene rings is 2. The Labute approximate surface area is 112 Å². The van der Waals surface area contributed by atoms with E-state index in [-0.39, 0.29) is 22.1 Å². The van der Waals surface area contributed by atoms with Crippen LogP contribution in [-0.2, 0) is 0 Å². The van der Waals surface area contributed by atoms with Gasteiger partial charge in [0.2, 0.25) is 0 Å².